The maximum atomic E-state index is 13.5. The second kappa shape index (κ2) is 12.1. The predicted octanol–water partition coefficient (Wildman–Crippen LogP) is 6.31. The smallest absolute Gasteiger partial charge is 0.369 e. The highest BCUT2D eigenvalue weighted by molar-refractivity contribution is 5.85. The van der Waals surface area contributed by atoms with Crippen molar-refractivity contribution in [1.29, 1.82) is 0 Å². The van der Waals surface area contributed by atoms with Crippen LogP contribution >= 0.6 is 12.4 Å². The number of amides is 1. The first-order valence-electron chi connectivity index (χ1n) is 13.6. The van der Waals surface area contributed by atoms with E-state index in [2.05, 4.69) is 10.3 Å². The van der Waals surface area contributed by atoms with Crippen LogP contribution in [0.15, 0.2) is 48.5 Å². The van der Waals surface area contributed by atoms with Gasteiger partial charge in [0.2, 0.25) is 5.91 Å². The van der Waals surface area contributed by atoms with E-state index in [1.54, 1.807) is 0 Å². The van der Waals surface area contributed by atoms with E-state index in [1.807, 2.05) is 35.3 Å². The van der Waals surface area contributed by atoms with Gasteiger partial charge in [-0.05, 0) is 80.9 Å². The van der Waals surface area contributed by atoms with Crippen LogP contribution in [-0.4, -0.2) is 55.1 Å². The number of hydrazine groups is 1. The van der Waals surface area contributed by atoms with Crippen molar-refractivity contribution in [2.75, 3.05) is 39.3 Å². The van der Waals surface area contributed by atoms with Gasteiger partial charge in [-0.1, -0.05) is 30.3 Å². The normalized spacial score (nSPS) is 20.8. The largest absolute Gasteiger partial charge is 0.416 e. The van der Waals surface area contributed by atoms with Gasteiger partial charge in [0.25, 0.3) is 0 Å². The minimum atomic E-state index is -4.91. The molecule has 2 aliphatic heterocycles. The number of hydrogen-bond donors (Lipinski definition) is 1. The molecule has 2 saturated heterocycles. The van der Waals surface area contributed by atoms with Gasteiger partial charge in [-0.25, -0.2) is 5.01 Å². The standard InChI is InChI=1S/C29H33F6N3O2.ClH/c30-28(31,32)23-16-22(17-24(18-23)29(33,34)35)27(8-9-27)40-20-26(21-6-2-1-3-7-21)10-14-38(15-11-26)36-25(39)19-37-12-4-5-13-37;/h1-3,6-7,16-18H,4-5,8-15,19-20H2,(H,36,39);1H. The number of likely N-dealkylation sites (tertiary alicyclic amines) is 1. The van der Waals surface area contributed by atoms with Gasteiger partial charge in [-0.2, -0.15) is 26.3 Å². The fourth-order valence-corrected chi connectivity index (χ4v) is 5.83. The van der Waals surface area contributed by atoms with E-state index < -0.39 is 34.5 Å². The van der Waals surface area contributed by atoms with Crippen molar-refractivity contribution < 1.29 is 35.9 Å². The Morgan fingerprint density at radius 2 is 1.37 bits per heavy atom. The molecular weight excluding hydrogens is 572 g/mol. The Labute approximate surface area is 241 Å². The lowest BCUT2D eigenvalue weighted by Crippen LogP contribution is -2.53. The number of carbonyl (C=O) groups is 1. The Morgan fingerprint density at radius 1 is 0.805 bits per heavy atom. The quantitative estimate of drug-likeness (QED) is 0.358. The van der Waals surface area contributed by atoms with Gasteiger partial charge in [0, 0.05) is 18.5 Å². The average molecular weight is 606 g/mol. The van der Waals surface area contributed by atoms with Crippen LogP contribution in [0.5, 0.6) is 0 Å². The highest BCUT2D eigenvalue weighted by atomic mass is 35.5. The molecule has 0 spiro atoms. The highest BCUT2D eigenvalue weighted by Gasteiger charge is 2.50. The highest BCUT2D eigenvalue weighted by Crippen LogP contribution is 2.53. The maximum absolute atomic E-state index is 13.5. The summed E-state index contributed by atoms with van der Waals surface area (Å²) >= 11 is 0. The molecule has 3 fully saturated rings. The van der Waals surface area contributed by atoms with Gasteiger partial charge in [0.05, 0.1) is 29.9 Å². The molecule has 0 aromatic heterocycles. The van der Waals surface area contributed by atoms with Crippen LogP contribution in [0.25, 0.3) is 0 Å². The van der Waals surface area contributed by atoms with E-state index >= 15 is 0 Å². The Morgan fingerprint density at radius 3 is 1.88 bits per heavy atom. The number of nitrogens with one attached hydrogen (secondary N) is 1. The summed E-state index contributed by atoms with van der Waals surface area (Å²) in [6.07, 6.45) is -5.75. The molecule has 0 radical (unpaired) electrons. The summed E-state index contributed by atoms with van der Waals surface area (Å²) in [6.45, 7) is 3.41. The summed E-state index contributed by atoms with van der Waals surface area (Å²) in [5.74, 6) is -0.0627. The van der Waals surface area contributed by atoms with Crippen molar-refractivity contribution in [3.8, 4) is 0 Å². The molecule has 2 aromatic rings. The number of alkyl halides is 6. The molecule has 1 aliphatic carbocycles. The van der Waals surface area contributed by atoms with Crippen LogP contribution in [-0.2, 0) is 32.9 Å². The molecule has 12 heteroatoms. The molecule has 2 heterocycles. The van der Waals surface area contributed by atoms with Crippen LogP contribution in [0.2, 0.25) is 0 Å². The summed E-state index contributed by atoms with van der Waals surface area (Å²) in [6, 6.07) is 11.3. The molecule has 2 aromatic carbocycles. The summed E-state index contributed by atoms with van der Waals surface area (Å²) in [5.41, 5.74) is -0.464. The number of halogens is 7. The van der Waals surface area contributed by atoms with E-state index in [9.17, 15) is 31.1 Å². The molecule has 1 N–H and O–H groups in total. The third-order valence-electron chi connectivity index (χ3n) is 8.40. The summed E-state index contributed by atoms with van der Waals surface area (Å²) in [7, 11) is 0. The lowest BCUT2D eigenvalue weighted by molar-refractivity contribution is -0.143. The molecule has 5 rings (SSSR count). The van der Waals surface area contributed by atoms with Gasteiger partial charge in [-0.3, -0.25) is 15.1 Å². The van der Waals surface area contributed by atoms with Crippen LogP contribution < -0.4 is 5.43 Å². The first kappa shape index (κ1) is 31.6. The van der Waals surface area contributed by atoms with Gasteiger partial charge < -0.3 is 4.74 Å². The number of rotatable bonds is 8. The monoisotopic (exact) mass is 605 g/mol. The SMILES string of the molecule is Cl.O=C(CN1CCCC1)NN1CCC(COC2(c3cc(C(F)(F)F)cc(C(F)(F)F)c3)CC2)(c2ccccc2)CC1. The number of ether oxygens (including phenoxy) is 1. The zero-order valence-electron chi connectivity index (χ0n) is 22.5. The third-order valence-corrected chi connectivity index (χ3v) is 8.40. The molecule has 0 bridgehead atoms. The molecule has 3 aliphatic rings. The fraction of sp³-hybridized carbons (Fsp3) is 0.552. The lowest BCUT2D eigenvalue weighted by atomic mass is 9.73. The van der Waals surface area contributed by atoms with E-state index in [-0.39, 0.29) is 36.6 Å². The number of benzene rings is 2. The second-order valence-electron chi connectivity index (χ2n) is 11.2. The van der Waals surface area contributed by atoms with Gasteiger partial charge in [0.1, 0.15) is 0 Å². The minimum absolute atomic E-state index is 0. The Balaban J connectivity index is 0.00000387. The zero-order chi connectivity index (χ0) is 28.6. The molecule has 1 saturated carbocycles. The first-order valence-corrected chi connectivity index (χ1v) is 13.6. The van der Waals surface area contributed by atoms with Crippen LogP contribution in [0, 0.1) is 0 Å². The van der Waals surface area contributed by atoms with Crippen LogP contribution in [0.1, 0.15) is 60.8 Å². The summed E-state index contributed by atoms with van der Waals surface area (Å²) in [4.78, 5) is 14.7. The molecule has 226 valence electrons. The van der Waals surface area contributed by atoms with Crippen molar-refractivity contribution in [2.24, 2.45) is 0 Å². The van der Waals surface area contributed by atoms with Crippen molar-refractivity contribution >= 4 is 18.3 Å². The molecule has 5 nitrogen and oxygen atoms in total. The number of hydrogen-bond acceptors (Lipinski definition) is 4. The van der Waals surface area contributed by atoms with Gasteiger partial charge in [0.15, 0.2) is 0 Å². The number of piperidine rings is 1. The van der Waals surface area contributed by atoms with Gasteiger partial charge in [-0.15, -0.1) is 12.4 Å². The van der Waals surface area contributed by atoms with E-state index in [1.165, 1.54) is 0 Å². The molecule has 0 unspecified atom stereocenters. The molecule has 0 atom stereocenters. The summed E-state index contributed by atoms with van der Waals surface area (Å²) < 4.78 is 87.3. The molecular formula is C29H34ClF6N3O2. The Kier molecular flexibility index (Phi) is 9.33. The van der Waals surface area contributed by atoms with E-state index in [0.29, 0.717) is 45.3 Å². The first-order chi connectivity index (χ1) is 18.9. The molecule has 41 heavy (non-hydrogen) atoms. The predicted molar refractivity (Wildman–Crippen MR) is 143 cm³/mol. The van der Waals surface area contributed by atoms with Crippen LogP contribution in [0.3, 0.4) is 0 Å². The number of carbonyl (C=O) groups excluding carboxylic acids is 1. The fourth-order valence-electron chi connectivity index (χ4n) is 5.83. The zero-order valence-corrected chi connectivity index (χ0v) is 23.3. The second-order valence-corrected chi connectivity index (χ2v) is 11.2. The Bertz CT molecular complexity index is 1160. The summed E-state index contributed by atoms with van der Waals surface area (Å²) in [5, 5.41) is 1.88. The topological polar surface area (TPSA) is 44.8 Å². The average Bonchev–Trinajstić information content (AvgIpc) is 3.55. The third kappa shape index (κ3) is 7.36. The van der Waals surface area contributed by atoms with Crippen molar-refractivity contribution in [2.45, 2.75) is 61.9 Å². The molecule has 1 amide bonds. The van der Waals surface area contributed by atoms with Crippen molar-refractivity contribution in [1.82, 2.24) is 15.3 Å². The van der Waals surface area contributed by atoms with Gasteiger partial charge >= 0.3 is 12.4 Å². The van der Waals surface area contributed by atoms with Crippen molar-refractivity contribution in [3.05, 3.63) is 70.8 Å². The lowest BCUT2D eigenvalue weighted by Gasteiger charge is -2.43. The Hall–Kier alpha value is -2.34. The maximum Gasteiger partial charge on any atom is 0.416 e. The van der Waals surface area contributed by atoms with E-state index in [0.717, 1.165) is 43.6 Å². The number of nitrogens with zero attached hydrogens (tertiary/aromatic N) is 2. The van der Waals surface area contributed by atoms with Crippen LogP contribution in [0.4, 0.5) is 26.3 Å². The van der Waals surface area contributed by atoms with Crippen molar-refractivity contribution in [3.63, 3.8) is 0 Å². The van der Waals surface area contributed by atoms with E-state index in [4.69, 9.17) is 4.74 Å². The minimum Gasteiger partial charge on any atom is -0.369 e.